The minimum atomic E-state index is -4.83. The number of nitrogen functional groups attached to an aromatic ring is 1. The number of nitrogens with zero attached hydrogens (tertiary/aromatic N) is 5. The van der Waals surface area contributed by atoms with Crippen molar-refractivity contribution in [2.75, 3.05) is 12.8 Å². The molecule has 0 aliphatic carbocycles. The highest BCUT2D eigenvalue weighted by molar-refractivity contribution is 6.00. The number of nitrogens with two attached hydrogens (primary N) is 1. The number of esters is 1. The molecule has 0 amide bonds. The summed E-state index contributed by atoms with van der Waals surface area (Å²) in [5.41, 5.74) is 4.38. The Morgan fingerprint density at radius 1 is 1.24 bits per heavy atom. The standard InChI is InChI=1S/C17H11F3N6O3/c1-28-15(27)10-5-8-9(7-29-11(8)6-24-10)12-13(17(18,19)20)25-26(14(12)21)16-22-3-2-4-23-16/h2-7H,21H2,1H3. The maximum absolute atomic E-state index is 13.7. The molecule has 0 fully saturated rings. The number of hydrogen-bond acceptors (Lipinski definition) is 8. The second-order valence-corrected chi connectivity index (χ2v) is 5.77. The predicted molar refractivity (Wildman–Crippen MR) is 92.9 cm³/mol. The first-order valence-corrected chi connectivity index (χ1v) is 8.00. The number of rotatable bonds is 3. The third-order valence-electron chi connectivity index (χ3n) is 4.06. The lowest BCUT2D eigenvalue weighted by atomic mass is 10.0. The first-order chi connectivity index (χ1) is 13.8. The number of alkyl halides is 3. The number of anilines is 1. The number of pyridine rings is 1. The number of halogens is 3. The maximum atomic E-state index is 13.7. The molecule has 0 bridgehead atoms. The van der Waals surface area contributed by atoms with Crippen LogP contribution in [0.25, 0.3) is 28.0 Å². The molecule has 0 aliphatic heterocycles. The highest BCUT2D eigenvalue weighted by Gasteiger charge is 2.40. The molecule has 0 atom stereocenters. The Morgan fingerprint density at radius 3 is 2.62 bits per heavy atom. The van der Waals surface area contributed by atoms with Crippen LogP contribution in [0.4, 0.5) is 19.0 Å². The molecule has 0 unspecified atom stereocenters. The quantitative estimate of drug-likeness (QED) is 0.517. The fourth-order valence-electron chi connectivity index (χ4n) is 2.79. The smallest absolute Gasteiger partial charge is 0.435 e. The Kier molecular flexibility index (Phi) is 4.18. The van der Waals surface area contributed by atoms with Crippen LogP contribution in [0.5, 0.6) is 0 Å². The zero-order valence-electron chi connectivity index (χ0n) is 14.6. The molecule has 29 heavy (non-hydrogen) atoms. The molecule has 148 valence electrons. The van der Waals surface area contributed by atoms with Crippen LogP contribution in [0.2, 0.25) is 0 Å². The number of fused-ring (bicyclic) bond motifs is 1. The average Bonchev–Trinajstić information content (AvgIpc) is 3.28. The van der Waals surface area contributed by atoms with Gasteiger partial charge in [-0.1, -0.05) is 0 Å². The summed E-state index contributed by atoms with van der Waals surface area (Å²) in [6.45, 7) is 0. The van der Waals surface area contributed by atoms with Gasteiger partial charge in [-0.15, -0.1) is 0 Å². The minimum absolute atomic E-state index is 0.0143. The molecule has 4 heterocycles. The Hall–Kier alpha value is -3.96. The summed E-state index contributed by atoms with van der Waals surface area (Å²) in [5, 5.41) is 3.77. The van der Waals surface area contributed by atoms with E-state index >= 15 is 0 Å². The van der Waals surface area contributed by atoms with Crippen molar-refractivity contribution in [2.24, 2.45) is 0 Å². The molecule has 2 N–H and O–H groups in total. The van der Waals surface area contributed by atoms with Crippen molar-refractivity contribution in [3.63, 3.8) is 0 Å². The number of ether oxygens (including phenoxy) is 1. The van der Waals surface area contributed by atoms with Crippen LogP contribution in [0.3, 0.4) is 0 Å². The number of carbonyl (C=O) groups is 1. The van der Waals surface area contributed by atoms with E-state index < -0.39 is 23.4 Å². The van der Waals surface area contributed by atoms with E-state index in [1.54, 1.807) is 0 Å². The van der Waals surface area contributed by atoms with Gasteiger partial charge in [0.05, 0.1) is 25.1 Å². The SMILES string of the molecule is COC(=O)c1cc2c(-c3c(C(F)(F)F)nn(-c4ncccn4)c3N)coc2cn1. The van der Waals surface area contributed by atoms with E-state index in [-0.39, 0.29) is 34.0 Å². The van der Waals surface area contributed by atoms with Gasteiger partial charge in [0.1, 0.15) is 11.5 Å². The Morgan fingerprint density at radius 2 is 1.97 bits per heavy atom. The van der Waals surface area contributed by atoms with Crippen molar-refractivity contribution in [3.05, 3.63) is 48.4 Å². The lowest BCUT2D eigenvalue weighted by Gasteiger charge is -2.06. The van der Waals surface area contributed by atoms with E-state index in [9.17, 15) is 18.0 Å². The van der Waals surface area contributed by atoms with Gasteiger partial charge in [0, 0.05) is 23.3 Å². The number of methoxy groups -OCH3 is 1. The Labute approximate surface area is 159 Å². The molecule has 0 saturated heterocycles. The summed E-state index contributed by atoms with van der Waals surface area (Å²) in [6, 6.07) is 2.76. The van der Waals surface area contributed by atoms with E-state index in [1.807, 2.05) is 0 Å². The Bertz CT molecular complexity index is 1220. The van der Waals surface area contributed by atoms with Crippen molar-refractivity contribution < 1.29 is 27.1 Å². The van der Waals surface area contributed by atoms with Gasteiger partial charge < -0.3 is 14.9 Å². The zero-order chi connectivity index (χ0) is 20.8. The fourth-order valence-corrected chi connectivity index (χ4v) is 2.79. The van der Waals surface area contributed by atoms with Gasteiger partial charge in [0.2, 0.25) is 0 Å². The van der Waals surface area contributed by atoms with E-state index in [2.05, 4.69) is 24.8 Å². The zero-order valence-corrected chi connectivity index (χ0v) is 14.6. The van der Waals surface area contributed by atoms with Crippen molar-refractivity contribution >= 4 is 22.8 Å². The van der Waals surface area contributed by atoms with Crippen molar-refractivity contribution in [2.45, 2.75) is 6.18 Å². The van der Waals surface area contributed by atoms with Gasteiger partial charge in [-0.2, -0.15) is 23.0 Å². The molecule has 0 spiro atoms. The molecule has 4 rings (SSSR count). The number of aromatic nitrogens is 5. The van der Waals surface area contributed by atoms with Crippen LogP contribution in [0, 0.1) is 0 Å². The molecule has 0 aliphatic rings. The first kappa shape index (κ1) is 18.4. The summed E-state index contributed by atoms with van der Waals surface area (Å²) in [7, 11) is 1.16. The number of carbonyl (C=O) groups excluding carboxylic acids is 1. The van der Waals surface area contributed by atoms with Gasteiger partial charge >= 0.3 is 12.1 Å². The molecule has 9 nitrogen and oxygen atoms in total. The van der Waals surface area contributed by atoms with Crippen LogP contribution < -0.4 is 5.73 Å². The molecule has 4 aromatic heterocycles. The minimum Gasteiger partial charge on any atom is -0.464 e. The molecule has 12 heteroatoms. The van der Waals surface area contributed by atoms with Gasteiger partial charge in [-0.25, -0.2) is 19.7 Å². The van der Waals surface area contributed by atoms with E-state index in [4.69, 9.17) is 10.2 Å². The van der Waals surface area contributed by atoms with E-state index in [0.717, 1.165) is 18.1 Å². The van der Waals surface area contributed by atoms with E-state index in [0.29, 0.717) is 0 Å². The first-order valence-electron chi connectivity index (χ1n) is 8.00. The highest BCUT2D eigenvalue weighted by Crippen LogP contribution is 2.43. The Balaban J connectivity index is 2.00. The van der Waals surface area contributed by atoms with Crippen LogP contribution in [0.1, 0.15) is 16.2 Å². The maximum Gasteiger partial charge on any atom is 0.435 e. The molecule has 0 saturated carbocycles. The molecule has 0 radical (unpaired) electrons. The highest BCUT2D eigenvalue weighted by atomic mass is 19.4. The normalized spacial score (nSPS) is 11.7. The number of hydrogen-bond donors (Lipinski definition) is 1. The summed E-state index contributed by atoms with van der Waals surface area (Å²) < 4.78 is 51.9. The monoisotopic (exact) mass is 404 g/mol. The van der Waals surface area contributed by atoms with Gasteiger partial charge in [0.25, 0.3) is 5.95 Å². The lowest BCUT2D eigenvalue weighted by Crippen LogP contribution is -2.09. The second-order valence-electron chi connectivity index (χ2n) is 5.77. The molecular weight excluding hydrogens is 393 g/mol. The molecule has 0 aromatic carbocycles. The summed E-state index contributed by atoms with van der Waals surface area (Å²) in [6.07, 6.45) is 0.159. The summed E-state index contributed by atoms with van der Waals surface area (Å²) in [5.74, 6) is -1.23. The van der Waals surface area contributed by atoms with Crippen LogP contribution in [-0.4, -0.2) is 37.8 Å². The topological polar surface area (TPSA) is 122 Å². The van der Waals surface area contributed by atoms with Crippen molar-refractivity contribution in [1.82, 2.24) is 24.7 Å². The molecular formula is C17H11F3N6O3. The van der Waals surface area contributed by atoms with E-state index in [1.165, 1.54) is 30.7 Å². The van der Waals surface area contributed by atoms with Gasteiger partial charge in [0.15, 0.2) is 11.3 Å². The third-order valence-corrected chi connectivity index (χ3v) is 4.06. The number of furan rings is 1. The average molecular weight is 404 g/mol. The summed E-state index contributed by atoms with van der Waals surface area (Å²) >= 11 is 0. The van der Waals surface area contributed by atoms with Gasteiger partial charge in [-0.3, -0.25) is 0 Å². The second kappa shape index (κ2) is 6.58. The van der Waals surface area contributed by atoms with Crippen molar-refractivity contribution in [3.8, 4) is 17.1 Å². The fraction of sp³-hybridized carbons (Fsp3) is 0.118. The predicted octanol–water partition coefficient (Wildman–Crippen LogP) is 2.86. The van der Waals surface area contributed by atoms with Gasteiger partial charge in [-0.05, 0) is 12.1 Å². The van der Waals surface area contributed by atoms with Crippen LogP contribution in [0.15, 0.2) is 41.4 Å². The lowest BCUT2D eigenvalue weighted by molar-refractivity contribution is -0.140. The third kappa shape index (κ3) is 3.03. The van der Waals surface area contributed by atoms with Crippen LogP contribution >= 0.6 is 0 Å². The largest absolute Gasteiger partial charge is 0.464 e. The van der Waals surface area contributed by atoms with Crippen LogP contribution in [-0.2, 0) is 10.9 Å². The summed E-state index contributed by atoms with van der Waals surface area (Å²) in [4.78, 5) is 23.4. The van der Waals surface area contributed by atoms with Crippen molar-refractivity contribution in [1.29, 1.82) is 0 Å². The molecule has 4 aromatic rings.